The topological polar surface area (TPSA) is 146 Å². The van der Waals surface area contributed by atoms with Gasteiger partial charge in [0.15, 0.2) is 0 Å². The van der Waals surface area contributed by atoms with Gasteiger partial charge in [0, 0.05) is 26.5 Å². The van der Waals surface area contributed by atoms with Gasteiger partial charge in [0.1, 0.15) is 12.9 Å². The van der Waals surface area contributed by atoms with Crippen LogP contribution in [0.3, 0.4) is 0 Å². The van der Waals surface area contributed by atoms with Crippen LogP contribution in [0.5, 0.6) is 0 Å². The molecule has 0 unspecified atom stereocenters. The predicted octanol–water partition coefficient (Wildman–Crippen LogP) is -1.86. The summed E-state index contributed by atoms with van der Waals surface area (Å²) in [5.74, 6) is -0.467. The minimum absolute atomic E-state index is 0. The molecule has 0 aromatic rings. The van der Waals surface area contributed by atoms with Gasteiger partial charge in [-0.3, -0.25) is 9.59 Å². The number of phosphoric acid groups is 1. The molecule has 0 aromatic heterocycles. The van der Waals surface area contributed by atoms with Crippen molar-refractivity contribution in [2.45, 2.75) is 123 Å². The minimum atomic E-state index is -5.18. The monoisotopic (exact) mass is 597 g/mol. The summed E-state index contributed by atoms with van der Waals surface area (Å²) in [6.45, 7) is 4.21. The number of esters is 1. The van der Waals surface area contributed by atoms with E-state index in [1.165, 1.54) is 39.0 Å². The van der Waals surface area contributed by atoms with Crippen molar-refractivity contribution in [1.82, 2.24) is 5.32 Å². The molecule has 1 amide bonds. The van der Waals surface area contributed by atoms with E-state index < -0.39 is 26.5 Å². The van der Waals surface area contributed by atoms with E-state index in [1.54, 1.807) is 0 Å². The van der Waals surface area contributed by atoms with Crippen LogP contribution in [-0.4, -0.2) is 51.1 Å². The minimum Gasteiger partial charge on any atom is -0.790 e. The number of nitrogens with one attached hydrogen (secondary N) is 1. The van der Waals surface area contributed by atoms with E-state index in [2.05, 4.69) is 16.8 Å². The zero-order chi connectivity index (χ0) is 27.6. The van der Waals surface area contributed by atoms with Crippen molar-refractivity contribution in [1.29, 1.82) is 0 Å². The summed E-state index contributed by atoms with van der Waals surface area (Å²) in [4.78, 5) is 44.5. The van der Waals surface area contributed by atoms with Crippen LogP contribution in [0, 0.1) is 0 Å². The average Bonchev–Trinajstić information content (AvgIpc) is 2.83. The maximum absolute atomic E-state index is 12.1. The van der Waals surface area contributed by atoms with Crippen LogP contribution in [0.15, 0.2) is 0 Å². The van der Waals surface area contributed by atoms with E-state index >= 15 is 0 Å². The molecule has 0 aliphatic heterocycles. The molecule has 0 spiro atoms. The van der Waals surface area contributed by atoms with Gasteiger partial charge in [-0.15, -0.1) is 0 Å². The summed E-state index contributed by atoms with van der Waals surface area (Å²) in [6, 6.07) is 0. The van der Waals surface area contributed by atoms with Crippen molar-refractivity contribution in [3.8, 4) is 0 Å². The zero-order valence-electron chi connectivity index (χ0n) is 25.0. The molecule has 0 fully saturated rings. The normalized spacial score (nSPS) is 11.8. The van der Waals surface area contributed by atoms with Gasteiger partial charge in [-0.25, -0.2) is 0 Å². The molecule has 0 bridgehead atoms. The first-order chi connectivity index (χ1) is 17.7. The second-order valence-corrected chi connectivity index (χ2v) is 10.6. The summed E-state index contributed by atoms with van der Waals surface area (Å²) < 4.78 is 31.1. The molecule has 220 valence electrons. The quantitative estimate of drug-likeness (QED) is 0.0379. The van der Waals surface area contributed by atoms with Crippen molar-refractivity contribution >= 4 is 19.7 Å². The Morgan fingerprint density at radius 3 is 1.87 bits per heavy atom. The largest absolute Gasteiger partial charge is 1.00 e. The molecular formula is C26H50NNa2O9P. The molecular weight excluding hydrogens is 547 g/mol. The van der Waals surface area contributed by atoms with Gasteiger partial charge < -0.3 is 38.4 Å². The number of carbonyl (C=O) groups excluding carboxylic acids is 2. The van der Waals surface area contributed by atoms with Crippen molar-refractivity contribution in [2.75, 3.05) is 33.2 Å². The van der Waals surface area contributed by atoms with Crippen LogP contribution in [0.4, 0.5) is 0 Å². The van der Waals surface area contributed by atoms with Crippen LogP contribution in [0.2, 0.25) is 0 Å². The van der Waals surface area contributed by atoms with E-state index in [4.69, 9.17) is 14.2 Å². The fourth-order valence-electron chi connectivity index (χ4n) is 3.71. The number of rotatable bonds is 27. The molecule has 0 heterocycles. The van der Waals surface area contributed by atoms with E-state index in [-0.39, 0.29) is 84.8 Å². The van der Waals surface area contributed by atoms with Crippen molar-refractivity contribution in [3.63, 3.8) is 0 Å². The van der Waals surface area contributed by atoms with Crippen LogP contribution < -0.4 is 74.2 Å². The van der Waals surface area contributed by atoms with Gasteiger partial charge in [-0.05, 0) is 19.3 Å². The molecule has 0 aromatic carbocycles. The number of ether oxygens (including phenoxy) is 3. The van der Waals surface area contributed by atoms with Crippen LogP contribution >= 0.6 is 7.82 Å². The summed E-state index contributed by atoms with van der Waals surface area (Å²) in [7, 11) is -5.18. The number of carbonyl (C=O) groups is 2. The van der Waals surface area contributed by atoms with Gasteiger partial charge in [-0.2, -0.15) is 0 Å². The summed E-state index contributed by atoms with van der Waals surface area (Å²) in [6.07, 6.45) is 15.5. The van der Waals surface area contributed by atoms with E-state index in [1.807, 2.05) is 0 Å². The Labute approximate surface area is 280 Å². The zero-order valence-corrected chi connectivity index (χ0v) is 29.9. The SMILES string of the molecule is CCCCCCCCCCCC(=O)O[C@H](COCOCCCCCCCCNC(C)=O)COP(=O)([O-])[O-].[Na+].[Na+]. The Balaban J connectivity index is -0.00000648. The number of hydrogen-bond donors (Lipinski definition) is 1. The van der Waals surface area contributed by atoms with E-state index in [0.717, 1.165) is 64.3 Å². The third-order valence-corrected chi connectivity index (χ3v) is 6.23. The molecule has 1 atom stereocenters. The fourth-order valence-corrected chi connectivity index (χ4v) is 4.06. The third kappa shape index (κ3) is 36.9. The number of hydrogen-bond acceptors (Lipinski definition) is 9. The summed E-state index contributed by atoms with van der Waals surface area (Å²) in [5, 5.41) is 2.78. The van der Waals surface area contributed by atoms with Crippen molar-refractivity contribution in [3.05, 3.63) is 0 Å². The third-order valence-electron chi connectivity index (χ3n) is 5.76. The van der Waals surface area contributed by atoms with Gasteiger partial charge in [0.25, 0.3) is 0 Å². The Kier molecular flexibility index (Phi) is 36.3. The maximum Gasteiger partial charge on any atom is 1.00 e. The first-order valence-electron chi connectivity index (χ1n) is 14.0. The standard InChI is InChI=1S/C26H52NO9P.2Na/c1-3-4-5-6-7-8-9-12-15-18-26(29)36-25(22-35-37(30,31)32)21-34-23-33-20-17-14-11-10-13-16-19-27-24(2)28;;/h25H,3-23H2,1-2H3,(H,27,28)(H2,30,31,32);;/q;2*+1/p-2/t25-;;/m1../s1. The van der Waals surface area contributed by atoms with Crippen LogP contribution in [0.1, 0.15) is 117 Å². The van der Waals surface area contributed by atoms with E-state index in [0.29, 0.717) is 13.0 Å². The molecule has 1 N–H and O–H groups in total. The van der Waals surface area contributed by atoms with Crippen LogP contribution in [-0.2, 0) is 32.9 Å². The van der Waals surface area contributed by atoms with Crippen molar-refractivity contribution in [2.24, 2.45) is 0 Å². The smallest absolute Gasteiger partial charge is 0.790 e. The molecule has 0 aliphatic carbocycles. The first kappa shape index (κ1) is 44.4. The van der Waals surface area contributed by atoms with Gasteiger partial charge in [0.2, 0.25) is 5.91 Å². The van der Waals surface area contributed by atoms with Crippen molar-refractivity contribution < 1.29 is 102 Å². The second-order valence-electron chi connectivity index (χ2n) is 9.43. The Morgan fingerprint density at radius 1 is 0.769 bits per heavy atom. The Hall–Kier alpha value is 0.970. The predicted molar refractivity (Wildman–Crippen MR) is 138 cm³/mol. The molecule has 10 nitrogen and oxygen atoms in total. The van der Waals surface area contributed by atoms with Gasteiger partial charge in [0.05, 0.1) is 21.0 Å². The first-order valence-corrected chi connectivity index (χ1v) is 15.5. The summed E-state index contributed by atoms with van der Waals surface area (Å²) in [5.41, 5.74) is 0. The molecule has 0 rings (SSSR count). The molecule has 0 radical (unpaired) electrons. The Bertz CT molecular complexity index is 612. The van der Waals surface area contributed by atoms with Gasteiger partial charge >= 0.3 is 65.1 Å². The second kappa shape index (κ2) is 31.9. The molecule has 39 heavy (non-hydrogen) atoms. The number of amides is 1. The number of unbranched alkanes of at least 4 members (excludes halogenated alkanes) is 13. The molecule has 13 heteroatoms. The number of phosphoric ester groups is 1. The average molecular weight is 598 g/mol. The van der Waals surface area contributed by atoms with E-state index in [9.17, 15) is 23.9 Å². The van der Waals surface area contributed by atoms with Gasteiger partial charge in [-0.1, -0.05) is 84.0 Å². The maximum atomic E-state index is 12.1. The molecule has 0 aliphatic rings. The summed E-state index contributed by atoms with van der Waals surface area (Å²) >= 11 is 0. The molecule has 0 saturated heterocycles. The Morgan fingerprint density at radius 2 is 1.31 bits per heavy atom. The van der Waals surface area contributed by atoms with Crippen LogP contribution in [0.25, 0.3) is 0 Å². The fraction of sp³-hybridized carbons (Fsp3) is 0.923. The molecule has 0 saturated carbocycles.